The molecular formula is C15H16F2N2O. The second kappa shape index (κ2) is 6.86. The molecule has 106 valence electrons. The van der Waals surface area contributed by atoms with Crippen molar-refractivity contribution in [2.45, 2.75) is 13.5 Å². The number of halogens is 2. The second-order valence-electron chi connectivity index (χ2n) is 4.14. The van der Waals surface area contributed by atoms with Gasteiger partial charge in [-0.05, 0) is 19.1 Å². The molecule has 2 aromatic rings. The number of rotatable bonds is 6. The maximum Gasteiger partial charge on any atom is 0.134 e. The van der Waals surface area contributed by atoms with E-state index < -0.39 is 11.6 Å². The van der Waals surface area contributed by atoms with Crippen molar-refractivity contribution in [3.63, 3.8) is 0 Å². The first-order chi connectivity index (χ1) is 9.70. The highest BCUT2D eigenvalue weighted by molar-refractivity contribution is 5.41. The van der Waals surface area contributed by atoms with Gasteiger partial charge in [0.05, 0.1) is 6.61 Å². The van der Waals surface area contributed by atoms with E-state index >= 15 is 0 Å². The summed E-state index contributed by atoms with van der Waals surface area (Å²) < 4.78 is 32.6. The van der Waals surface area contributed by atoms with E-state index in [1.54, 1.807) is 6.92 Å². The molecule has 0 spiro atoms. The zero-order valence-electron chi connectivity index (χ0n) is 11.1. The molecule has 20 heavy (non-hydrogen) atoms. The van der Waals surface area contributed by atoms with Gasteiger partial charge in [0.2, 0.25) is 0 Å². The first kappa shape index (κ1) is 14.3. The number of para-hydroxylation sites is 1. The Morgan fingerprint density at radius 1 is 1.05 bits per heavy atom. The molecule has 0 saturated carbocycles. The van der Waals surface area contributed by atoms with E-state index in [-0.39, 0.29) is 17.9 Å². The third-order valence-corrected chi connectivity index (χ3v) is 2.70. The van der Waals surface area contributed by atoms with Gasteiger partial charge >= 0.3 is 0 Å². The summed E-state index contributed by atoms with van der Waals surface area (Å²) in [5.41, 5.74) is 6.44. The van der Waals surface area contributed by atoms with Gasteiger partial charge in [0.1, 0.15) is 17.4 Å². The lowest BCUT2D eigenvalue weighted by Crippen LogP contribution is -2.22. The molecule has 0 aromatic heterocycles. The Morgan fingerprint density at radius 2 is 1.70 bits per heavy atom. The van der Waals surface area contributed by atoms with Gasteiger partial charge < -0.3 is 10.2 Å². The minimum absolute atomic E-state index is 0.0268. The van der Waals surface area contributed by atoms with Crippen LogP contribution >= 0.6 is 0 Å². The third-order valence-electron chi connectivity index (χ3n) is 2.70. The number of ether oxygens (including phenoxy) is 1. The molecule has 0 aliphatic carbocycles. The van der Waals surface area contributed by atoms with Crippen LogP contribution in [0, 0.1) is 11.6 Å². The number of hydrogen-bond donors (Lipinski definition) is 2. The zero-order valence-corrected chi connectivity index (χ0v) is 11.1. The summed E-state index contributed by atoms with van der Waals surface area (Å²) in [7, 11) is 0. The summed E-state index contributed by atoms with van der Waals surface area (Å²) in [6.07, 6.45) is 0. The smallest absolute Gasteiger partial charge is 0.134 e. The Kier molecular flexibility index (Phi) is 4.90. The van der Waals surface area contributed by atoms with Crippen molar-refractivity contribution in [2.75, 3.05) is 12.0 Å². The largest absolute Gasteiger partial charge is 0.494 e. The summed E-state index contributed by atoms with van der Waals surface area (Å²) in [6, 6.07) is 11.7. The summed E-state index contributed by atoms with van der Waals surface area (Å²) >= 11 is 0. The van der Waals surface area contributed by atoms with Crippen LogP contribution in [0.5, 0.6) is 5.75 Å². The van der Waals surface area contributed by atoms with Crippen LogP contribution < -0.4 is 15.6 Å². The molecule has 3 nitrogen and oxygen atoms in total. The molecule has 0 heterocycles. The van der Waals surface area contributed by atoms with Crippen molar-refractivity contribution in [3.05, 3.63) is 59.7 Å². The average Bonchev–Trinajstić information content (AvgIpc) is 2.43. The van der Waals surface area contributed by atoms with Crippen molar-refractivity contribution >= 4 is 5.69 Å². The molecule has 0 fully saturated rings. The van der Waals surface area contributed by atoms with Crippen molar-refractivity contribution in [1.82, 2.24) is 5.43 Å². The zero-order chi connectivity index (χ0) is 14.4. The molecule has 0 radical (unpaired) electrons. The molecule has 0 atom stereocenters. The second-order valence-corrected chi connectivity index (χ2v) is 4.14. The maximum absolute atomic E-state index is 13.8. The lowest BCUT2D eigenvalue weighted by Gasteiger charge is -2.11. The van der Waals surface area contributed by atoms with Crippen molar-refractivity contribution in [2.24, 2.45) is 0 Å². The normalized spacial score (nSPS) is 10.3. The van der Waals surface area contributed by atoms with Crippen molar-refractivity contribution < 1.29 is 13.5 Å². The lowest BCUT2D eigenvalue weighted by atomic mass is 10.2. The fourth-order valence-electron chi connectivity index (χ4n) is 1.75. The molecule has 0 saturated heterocycles. The van der Waals surface area contributed by atoms with Gasteiger partial charge in [0.25, 0.3) is 0 Å². The van der Waals surface area contributed by atoms with Gasteiger partial charge in [-0.3, -0.25) is 0 Å². The number of nitrogens with one attached hydrogen (secondary N) is 2. The molecule has 0 unspecified atom stereocenters. The Labute approximate surface area is 116 Å². The number of hydrazine groups is 1. The maximum atomic E-state index is 13.8. The molecule has 2 N–H and O–H groups in total. The average molecular weight is 278 g/mol. The van der Waals surface area contributed by atoms with Gasteiger partial charge in [-0.1, -0.05) is 18.2 Å². The van der Waals surface area contributed by atoms with Gasteiger partial charge in [-0.25, -0.2) is 14.2 Å². The highest BCUT2D eigenvalue weighted by atomic mass is 19.1. The minimum atomic E-state index is -0.629. The molecule has 0 aliphatic heterocycles. The Morgan fingerprint density at radius 3 is 2.30 bits per heavy atom. The van der Waals surface area contributed by atoms with E-state index in [1.807, 2.05) is 30.3 Å². The van der Waals surface area contributed by atoms with Crippen molar-refractivity contribution in [1.29, 1.82) is 0 Å². The molecular weight excluding hydrogens is 262 g/mol. The van der Waals surface area contributed by atoms with Crippen LogP contribution in [0.25, 0.3) is 0 Å². The first-order valence-corrected chi connectivity index (χ1v) is 6.35. The summed E-state index contributed by atoms with van der Waals surface area (Å²) in [4.78, 5) is 0. The van der Waals surface area contributed by atoms with E-state index in [1.165, 1.54) is 12.1 Å². The van der Waals surface area contributed by atoms with Crippen LogP contribution in [0.15, 0.2) is 42.5 Å². The van der Waals surface area contributed by atoms with E-state index in [0.717, 1.165) is 5.69 Å². The number of anilines is 1. The van der Waals surface area contributed by atoms with Gasteiger partial charge in [-0.15, -0.1) is 0 Å². The van der Waals surface area contributed by atoms with E-state index in [2.05, 4.69) is 10.9 Å². The SMILES string of the molecule is CCOc1cc(F)c(CNNc2ccccc2)c(F)c1. The van der Waals surface area contributed by atoms with Crippen LogP contribution in [-0.2, 0) is 6.54 Å². The van der Waals surface area contributed by atoms with Crippen LogP contribution in [0.4, 0.5) is 14.5 Å². The molecule has 2 aromatic carbocycles. The molecule has 5 heteroatoms. The van der Waals surface area contributed by atoms with Gasteiger partial charge in [-0.2, -0.15) is 0 Å². The van der Waals surface area contributed by atoms with Gasteiger partial charge in [0, 0.05) is 29.9 Å². The molecule has 2 rings (SSSR count). The topological polar surface area (TPSA) is 33.3 Å². The first-order valence-electron chi connectivity index (χ1n) is 6.35. The van der Waals surface area contributed by atoms with Crippen LogP contribution in [0.3, 0.4) is 0 Å². The van der Waals surface area contributed by atoms with Crippen LogP contribution in [-0.4, -0.2) is 6.61 Å². The van der Waals surface area contributed by atoms with E-state index in [0.29, 0.717) is 6.61 Å². The van der Waals surface area contributed by atoms with E-state index in [4.69, 9.17) is 4.74 Å². The standard InChI is InChI=1S/C15H16F2N2O/c1-2-20-12-8-14(16)13(15(17)9-12)10-18-19-11-6-4-3-5-7-11/h3-9,18-19H,2,10H2,1H3. The third kappa shape index (κ3) is 3.68. The molecule has 0 amide bonds. The quantitative estimate of drug-likeness (QED) is 0.794. The Balaban J connectivity index is 1.99. The predicted octanol–water partition coefficient (Wildman–Crippen LogP) is 3.48. The Hall–Kier alpha value is -2.14. The fraction of sp³-hybridized carbons (Fsp3) is 0.200. The Bertz CT molecular complexity index is 538. The van der Waals surface area contributed by atoms with E-state index in [9.17, 15) is 8.78 Å². The number of benzene rings is 2. The minimum Gasteiger partial charge on any atom is -0.494 e. The van der Waals surface area contributed by atoms with Crippen molar-refractivity contribution in [3.8, 4) is 5.75 Å². The van der Waals surface area contributed by atoms with Gasteiger partial charge in [0.15, 0.2) is 0 Å². The predicted molar refractivity (Wildman–Crippen MR) is 74.4 cm³/mol. The molecule has 0 bridgehead atoms. The van der Waals surface area contributed by atoms with Crippen LogP contribution in [0.2, 0.25) is 0 Å². The highest BCUT2D eigenvalue weighted by Gasteiger charge is 2.11. The fourth-order valence-corrected chi connectivity index (χ4v) is 1.75. The highest BCUT2D eigenvalue weighted by Crippen LogP contribution is 2.20. The lowest BCUT2D eigenvalue weighted by molar-refractivity contribution is 0.335. The van der Waals surface area contributed by atoms with Crippen LogP contribution in [0.1, 0.15) is 12.5 Å². The summed E-state index contributed by atoms with van der Waals surface area (Å²) in [5.74, 6) is -1.06. The number of hydrogen-bond acceptors (Lipinski definition) is 3. The summed E-state index contributed by atoms with van der Waals surface area (Å²) in [6.45, 7) is 2.15. The molecule has 0 aliphatic rings. The monoisotopic (exact) mass is 278 g/mol. The summed E-state index contributed by atoms with van der Waals surface area (Å²) in [5, 5.41) is 0.